The molecular weight excluding hydrogens is 458 g/mol. The first-order valence-corrected chi connectivity index (χ1v) is 13.1. The van der Waals surface area contributed by atoms with Crippen LogP contribution in [0.4, 0.5) is 11.5 Å². The highest BCUT2D eigenvalue weighted by atomic mass is 16.5. The fourth-order valence-corrected chi connectivity index (χ4v) is 5.01. The molecule has 1 saturated heterocycles. The van der Waals surface area contributed by atoms with Gasteiger partial charge in [0, 0.05) is 35.4 Å². The van der Waals surface area contributed by atoms with Gasteiger partial charge in [0.05, 0.1) is 30.0 Å². The van der Waals surface area contributed by atoms with Gasteiger partial charge >= 0.3 is 0 Å². The number of morpholine rings is 1. The minimum atomic E-state index is 0.111. The van der Waals surface area contributed by atoms with Crippen LogP contribution < -0.4 is 5.32 Å². The third-order valence-corrected chi connectivity index (χ3v) is 6.80. The summed E-state index contributed by atoms with van der Waals surface area (Å²) >= 11 is 0. The molecule has 1 aliphatic heterocycles. The summed E-state index contributed by atoms with van der Waals surface area (Å²) in [5.74, 6) is 1.62. The Bertz CT molecular complexity index is 1380. The van der Waals surface area contributed by atoms with Gasteiger partial charge in [-0.2, -0.15) is 0 Å². The van der Waals surface area contributed by atoms with Crippen molar-refractivity contribution >= 4 is 22.4 Å². The summed E-state index contributed by atoms with van der Waals surface area (Å²) in [6, 6.07) is 21.1. The number of fused-ring (bicyclic) bond motifs is 1. The van der Waals surface area contributed by atoms with Crippen molar-refractivity contribution in [3.63, 3.8) is 0 Å². The first-order valence-electron chi connectivity index (χ1n) is 13.1. The first kappa shape index (κ1) is 25.3. The molecule has 0 amide bonds. The molecule has 2 atom stereocenters. The Kier molecular flexibility index (Phi) is 6.97. The summed E-state index contributed by atoms with van der Waals surface area (Å²) in [5.41, 5.74) is 6.33. The lowest BCUT2D eigenvalue weighted by Crippen LogP contribution is -2.45. The SMILES string of the molecule is Cc1cccc(-c2ccc3c(Nc4ccc(C(C)(C)C)cc4)nc(CN4CC(C)OC(C)C4)nc3c2)n1. The number of ether oxygens (including phenoxy) is 1. The predicted molar refractivity (Wildman–Crippen MR) is 151 cm³/mol. The monoisotopic (exact) mass is 495 g/mol. The van der Waals surface area contributed by atoms with Crippen molar-refractivity contribution in [2.24, 2.45) is 0 Å². The molecule has 2 aromatic carbocycles. The van der Waals surface area contributed by atoms with Crippen LogP contribution in [0.1, 0.15) is 51.7 Å². The van der Waals surface area contributed by atoms with Gasteiger partial charge in [0.15, 0.2) is 0 Å². The van der Waals surface area contributed by atoms with E-state index in [-0.39, 0.29) is 17.6 Å². The van der Waals surface area contributed by atoms with Gasteiger partial charge in [-0.3, -0.25) is 9.88 Å². The normalized spacial score (nSPS) is 18.8. The van der Waals surface area contributed by atoms with Crippen LogP contribution in [0.25, 0.3) is 22.2 Å². The summed E-state index contributed by atoms with van der Waals surface area (Å²) in [6.45, 7) is 15.4. The zero-order valence-electron chi connectivity index (χ0n) is 22.7. The van der Waals surface area contributed by atoms with Gasteiger partial charge in [-0.15, -0.1) is 0 Å². The minimum absolute atomic E-state index is 0.111. The number of aryl methyl sites for hydroxylation is 1. The fraction of sp³-hybridized carbons (Fsp3) is 0.387. The molecule has 0 aliphatic carbocycles. The van der Waals surface area contributed by atoms with E-state index in [0.29, 0.717) is 6.54 Å². The van der Waals surface area contributed by atoms with E-state index in [4.69, 9.17) is 19.7 Å². The van der Waals surface area contributed by atoms with Crippen molar-refractivity contribution in [2.45, 2.75) is 65.7 Å². The molecule has 1 aliphatic rings. The van der Waals surface area contributed by atoms with E-state index in [1.807, 2.05) is 25.1 Å². The Morgan fingerprint density at radius 1 is 0.919 bits per heavy atom. The molecule has 2 unspecified atom stereocenters. The zero-order valence-corrected chi connectivity index (χ0v) is 22.7. The molecule has 4 aromatic rings. The highest BCUT2D eigenvalue weighted by molar-refractivity contribution is 5.93. The van der Waals surface area contributed by atoms with Crippen molar-refractivity contribution in [3.8, 4) is 11.3 Å². The van der Waals surface area contributed by atoms with Crippen LogP contribution in [-0.2, 0) is 16.7 Å². The molecule has 1 N–H and O–H groups in total. The third kappa shape index (κ3) is 5.97. The molecule has 6 nitrogen and oxygen atoms in total. The minimum Gasteiger partial charge on any atom is -0.373 e. The van der Waals surface area contributed by atoms with Crippen LogP contribution in [0.15, 0.2) is 60.7 Å². The molecule has 2 aromatic heterocycles. The predicted octanol–water partition coefficient (Wildman–Crippen LogP) is 6.65. The van der Waals surface area contributed by atoms with E-state index in [1.54, 1.807) is 0 Å². The number of nitrogens with zero attached hydrogens (tertiary/aromatic N) is 4. The molecule has 1 fully saturated rings. The molecule has 192 valence electrons. The molecule has 0 saturated carbocycles. The average molecular weight is 496 g/mol. The van der Waals surface area contributed by atoms with Crippen LogP contribution >= 0.6 is 0 Å². The lowest BCUT2D eigenvalue weighted by atomic mass is 9.87. The number of benzene rings is 2. The van der Waals surface area contributed by atoms with Gasteiger partial charge in [0.2, 0.25) is 0 Å². The lowest BCUT2D eigenvalue weighted by molar-refractivity contribution is -0.0710. The van der Waals surface area contributed by atoms with E-state index < -0.39 is 0 Å². The van der Waals surface area contributed by atoms with Crippen LogP contribution in [0, 0.1) is 6.92 Å². The average Bonchev–Trinajstić information content (AvgIpc) is 2.83. The van der Waals surface area contributed by atoms with E-state index in [2.05, 4.69) is 87.3 Å². The van der Waals surface area contributed by atoms with Gasteiger partial charge in [0.25, 0.3) is 0 Å². The topological polar surface area (TPSA) is 63.2 Å². The van der Waals surface area contributed by atoms with Gasteiger partial charge in [0.1, 0.15) is 11.6 Å². The number of nitrogens with one attached hydrogen (secondary N) is 1. The van der Waals surface area contributed by atoms with Gasteiger partial charge in [-0.1, -0.05) is 45.0 Å². The quantitative estimate of drug-likeness (QED) is 0.334. The van der Waals surface area contributed by atoms with Crippen LogP contribution in [0.2, 0.25) is 0 Å². The Balaban J connectivity index is 1.53. The number of anilines is 2. The molecule has 0 bridgehead atoms. The molecular formula is C31H37N5O. The van der Waals surface area contributed by atoms with E-state index >= 15 is 0 Å². The number of aromatic nitrogens is 3. The van der Waals surface area contributed by atoms with Crippen LogP contribution in [0.3, 0.4) is 0 Å². The van der Waals surface area contributed by atoms with Crippen molar-refractivity contribution in [1.29, 1.82) is 0 Å². The summed E-state index contributed by atoms with van der Waals surface area (Å²) in [6.07, 6.45) is 0.393. The zero-order chi connectivity index (χ0) is 26.2. The Morgan fingerprint density at radius 3 is 2.32 bits per heavy atom. The Morgan fingerprint density at radius 2 is 1.65 bits per heavy atom. The molecule has 0 spiro atoms. The van der Waals surface area contributed by atoms with Crippen molar-refractivity contribution in [1.82, 2.24) is 19.9 Å². The van der Waals surface area contributed by atoms with Gasteiger partial charge < -0.3 is 10.1 Å². The molecule has 3 heterocycles. The van der Waals surface area contributed by atoms with Crippen molar-refractivity contribution < 1.29 is 4.74 Å². The lowest BCUT2D eigenvalue weighted by Gasteiger charge is -2.34. The van der Waals surface area contributed by atoms with Gasteiger partial charge in [-0.05, 0) is 68.1 Å². The maximum Gasteiger partial charge on any atom is 0.145 e. The van der Waals surface area contributed by atoms with E-state index in [0.717, 1.165) is 58.3 Å². The highest BCUT2D eigenvalue weighted by Gasteiger charge is 2.23. The van der Waals surface area contributed by atoms with Crippen molar-refractivity contribution in [3.05, 3.63) is 77.7 Å². The first-order chi connectivity index (χ1) is 17.6. The van der Waals surface area contributed by atoms with Crippen LogP contribution in [0.5, 0.6) is 0 Å². The number of pyridine rings is 1. The van der Waals surface area contributed by atoms with Crippen LogP contribution in [-0.4, -0.2) is 45.1 Å². The largest absolute Gasteiger partial charge is 0.373 e. The summed E-state index contributed by atoms with van der Waals surface area (Å²) in [4.78, 5) is 17.1. The molecule has 6 heteroatoms. The molecule has 37 heavy (non-hydrogen) atoms. The Labute approximate surface area is 220 Å². The number of hydrogen-bond acceptors (Lipinski definition) is 6. The van der Waals surface area contributed by atoms with E-state index in [1.165, 1.54) is 5.56 Å². The summed E-state index contributed by atoms with van der Waals surface area (Å²) in [7, 11) is 0. The molecule has 5 rings (SSSR count). The smallest absolute Gasteiger partial charge is 0.145 e. The Hall–Kier alpha value is -3.35. The fourth-order valence-electron chi connectivity index (χ4n) is 5.01. The maximum atomic E-state index is 5.93. The van der Waals surface area contributed by atoms with Crippen molar-refractivity contribution in [2.75, 3.05) is 18.4 Å². The highest BCUT2D eigenvalue weighted by Crippen LogP contribution is 2.30. The summed E-state index contributed by atoms with van der Waals surface area (Å²) < 4.78 is 5.93. The second kappa shape index (κ2) is 10.2. The third-order valence-electron chi connectivity index (χ3n) is 6.80. The number of hydrogen-bond donors (Lipinski definition) is 1. The second-order valence-corrected chi connectivity index (χ2v) is 11.3. The van der Waals surface area contributed by atoms with Gasteiger partial charge in [-0.25, -0.2) is 9.97 Å². The summed E-state index contributed by atoms with van der Waals surface area (Å²) in [5, 5.41) is 4.57. The number of rotatable bonds is 5. The maximum absolute atomic E-state index is 5.93. The standard InChI is InChI=1S/C31H37N5O/c1-20-8-7-9-27(32-20)23-10-15-26-28(16-23)34-29(19-36-17-21(2)37-22(3)18-36)35-30(26)33-25-13-11-24(12-14-25)31(4,5)6/h7-16,21-22H,17-19H2,1-6H3,(H,33,34,35). The van der Waals surface area contributed by atoms with E-state index in [9.17, 15) is 0 Å². The second-order valence-electron chi connectivity index (χ2n) is 11.3. The molecule has 0 radical (unpaired) electrons.